The molecule has 150 valence electrons. The molecular formula is C19H17FN4O3S2. The number of anilines is 2. The lowest BCUT2D eigenvalue weighted by Crippen LogP contribution is -2.15. The van der Waals surface area contributed by atoms with E-state index in [-0.39, 0.29) is 29.0 Å². The molecule has 0 radical (unpaired) electrons. The predicted octanol–water partition coefficient (Wildman–Crippen LogP) is 3.54. The Bertz CT molecular complexity index is 1060. The number of sulfonamides is 1. The first-order valence-corrected chi connectivity index (χ1v) is 11.0. The van der Waals surface area contributed by atoms with E-state index in [0.717, 1.165) is 4.90 Å². The number of aromatic nitrogens is 2. The lowest BCUT2D eigenvalue weighted by Gasteiger charge is -2.08. The summed E-state index contributed by atoms with van der Waals surface area (Å²) in [4.78, 5) is 20.6. The number of benzene rings is 2. The number of nitrogens with zero attached hydrogens (tertiary/aromatic N) is 2. The molecule has 0 saturated heterocycles. The first-order valence-electron chi connectivity index (χ1n) is 8.50. The normalized spacial score (nSPS) is 11.1. The molecule has 0 unspecified atom stereocenters. The van der Waals surface area contributed by atoms with Gasteiger partial charge in [0.05, 0.1) is 4.90 Å². The maximum absolute atomic E-state index is 12.9. The topological polar surface area (TPSA) is 101 Å². The fraction of sp³-hybridized carbons (Fsp3) is 0.105. The van der Waals surface area contributed by atoms with Crippen LogP contribution in [-0.2, 0) is 14.8 Å². The van der Waals surface area contributed by atoms with E-state index in [1.807, 2.05) is 0 Å². The number of hydrogen-bond donors (Lipinski definition) is 2. The zero-order valence-corrected chi connectivity index (χ0v) is 16.7. The Morgan fingerprint density at radius 1 is 1.00 bits per heavy atom. The smallest absolute Gasteiger partial charge is 0.264 e. The summed E-state index contributed by atoms with van der Waals surface area (Å²) in [5.41, 5.74) is 0.483. The van der Waals surface area contributed by atoms with Gasteiger partial charge in [-0.2, -0.15) is 0 Å². The molecule has 1 amide bonds. The number of carbonyl (C=O) groups is 1. The van der Waals surface area contributed by atoms with Gasteiger partial charge in [0.15, 0.2) is 0 Å². The number of nitrogens with one attached hydrogen (secondary N) is 2. The van der Waals surface area contributed by atoms with Crippen molar-refractivity contribution < 1.29 is 17.6 Å². The summed E-state index contributed by atoms with van der Waals surface area (Å²) in [6, 6.07) is 13.4. The zero-order valence-electron chi connectivity index (χ0n) is 15.1. The summed E-state index contributed by atoms with van der Waals surface area (Å²) in [6.45, 7) is 0. The van der Waals surface area contributed by atoms with Crippen LogP contribution in [0.25, 0.3) is 0 Å². The molecule has 3 aromatic rings. The molecule has 0 spiro atoms. The number of amides is 1. The fourth-order valence-electron chi connectivity index (χ4n) is 2.26. The van der Waals surface area contributed by atoms with E-state index in [1.54, 1.807) is 18.2 Å². The van der Waals surface area contributed by atoms with Crippen molar-refractivity contribution in [2.75, 3.05) is 15.8 Å². The summed E-state index contributed by atoms with van der Waals surface area (Å²) < 4.78 is 39.8. The van der Waals surface area contributed by atoms with E-state index < -0.39 is 10.0 Å². The van der Waals surface area contributed by atoms with Gasteiger partial charge >= 0.3 is 0 Å². The van der Waals surface area contributed by atoms with Crippen molar-refractivity contribution in [3.8, 4) is 0 Å². The van der Waals surface area contributed by atoms with Gasteiger partial charge in [-0.25, -0.2) is 27.5 Å². The van der Waals surface area contributed by atoms with Crippen molar-refractivity contribution in [3.63, 3.8) is 0 Å². The standard InChI is InChI=1S/C19H17FN4O3S2/c20-14-2-6-16(7-3-14)28-13-10-18(25)23-15-4-8-17(9-5-15)29(26,27)24-19-21-11-1-12-22-19/h1-9,11-12H,10,13H2,(H,23,25)(H,21,22,24). The molecular weight excluding hydrogens is 415 g/mol. The predicted molar refractivity (Wildman–Crippen MR) is 110 cm³/mol. The molecule has 0 aliphatic heterocycles. The second-order valence-electron chi connectivity index (χ2n) is 5.80. The number of rotatable bonds is 8. The first-order chi connectivity index (χ1) is 13.9. The SMILES string of the molecule is O=C(CCSc1ccc(F)cc1)Nc1ccc(S(=O)(=O)Nc2ncccn2)cc1. The Morgan fingerprint density at radius 2 is 1.66 bits per heavy atom. The summed E-state index contributed by atoms with van der Waals surface area (Å²) in [5.74, 6) is 0.00360. The summed E-state index contributed by atoms with van der Waals surface area (Å²) in [5, 5.41) is 2.71. The molecule has 10 heteroatoms. The van der Waals surface area contributed by atoms with Crippen molar-refractivity contribution >= 4 is 39.3 Å². The highest BCUT2D eigenvalue weighted by molar-refractivity contribution is 7.99. The van der Waals surface area contributed by atoms with Gasteiger partial charge in [0.1, 0.15) is 5.82 Å². The van der Waals surface area contributed by atoms with Crippen LogP contribution < -0.4 is 10.0 Å². The molecule has 0 aliphatic rings. The summed E-state index contributed by atoms with van der Waals surface area (Å²) in [7, 11) is -3.82. The van der Waals surface area contributed by atoms with Crippen LogP contribution in [0.15, 0.2) is 76.8 Å². The van der Waals surface area contributed by atoms with Crippen LogP contribution in [0, 0.1) is 5.82 Å². The third-order valence-corrected chi connectivity index (χ3v) is 6.01. The van der Waals surface area contributed by atoms with Crippen LogP contribution in [0.1, 0.15) is 6.42 Å². The number of thioether (sulfide) groups is 1. The Kier molecular flexibility index (Phi) is 6.78. The highest BCUT2D eigenvalue weighted by Gasteiger charge is 2.15. The van der Waals surface area contributed by atoms with Gasteiger partial charge in [0.25, 0.3) is 10.0 Å². The Morgan fingerprint density at radius 3 is 2.31 bits per heavy atom. The van der Waals surface area contributed by atoms with E-state index in [2.05, 4.69) is 20.0 Å². The lowest BCUT2D eigenvalue weighted by atomic mass is 10.3. The quantitative estimate of drug-likeness (QED) is 0.528. The van der Waals surface area contributed by atoms with Crippen molar-refractivity contribution in [1.29, 1.82) is 0 Å². The largest absolute Gasteiger partial charge is 0.326 e. The molecule has 1 aromatic heterocycles. The third kappa shape index (κ3) is 6.26. The minimum Gasteiger partial charge on any atom is -0.326 e. The summed E-state index contributed by atoms with van der Waals surface area (Å²) >= 11 is 1.45. The van der Waals surface area contributed by atoms with Crippen LogP contribution in [0.5, 0.6) is 0 Å². The minimum absolute atomic E-state index is 0.0230. The van der Waals surface area contributed by atoms with Crippen molar-refractivity contribution in [2.45, 2.75) is 16.2 Å². The molecule has 0 saturated carbocycles. The highest BCUT2D eigenvalue weighted by atomic mass is 32.2. The average Bonchev–Trinajstić information content (AvgIpc) is 2.70. The van der Waals surface area contributed by atoms with Crippen LogP contribution >= 0.6 is 11.8 Å². The molecule has 2 aromatic carbocycles. The molecule has 29 heavy (non-hydrogen) atoms. The van der Waals surface area contributed by atoms with Crippen molar-refractivity contribution in [1.82, 2.24) is 9.97 Å². The first kappa shape index (κ1) is 20.7. The van der Waals surface area contributed by atoms with Gasteiger partial charge in [-0.15, -0.1) is 11.8 Å². The molecule has 0 bridgehead atoms. The Labute approximate surface area is 171 Å². The van der Waals surface area contributed by atoms with Crippen LogP contribution in [0.4, 0.5) is 16.0 Å². The molecule has 0 atom stereocenters. The Balaban J connectivity index is 1.51. The maximum atomic E-state index is 12.9. The molecule has 3 rings (SSSR count). The van der Waals surface area contributed by atoms with Gasteiger partial charge in [-0.05, 0) is 54.6 Å². The lowest BCUT2D eigenvalue weighted by molar-refractivity contribution is -0.115. The Hall–Kier alpha value is -2.98. The number of halogens is 1. The minimum atomic E-state index is -3.82. The molecule has 7 nitrogen and oxygen atoms in total. The van der Waals surface area contributed by atoms with Crippen LogP contribution in [0.2, 0.25) is 0 Å². The monoisotopic (exact) mass is 432 g/mol. The molecule has 2 N–H and O–H groups in total. The average molecular weight is 433 g/mol. The van der Waals surface area contributed by atoms with Crippen molar-refractivity contribution in [2.24, 2.45) is 0 Å². The maximum Gasteiger partial charge on any atom is 0.264 e. The highest BCUT2D eigenvalue weighted by Crippen LogP contribution is 2.20. The van der Waals surface area contributed by atoms with Gasteiger partial charge in [0.2, 0.25) is 11.9 Å². The fourth-order valence-corrected chi connectivity index (χ4v) is 4.07. The van der Waals surface area contributed by atoms with Crippen LogP contribution in [0.3, 0.4) is 0 Å². The van der Waals surface area contributed by atoms with Gasteiger partial charge in [-0.1, -0.05) is 0 Å². The van der Waals surface area contributed by atoms with Gasteiger partial charge < -0.3 is 5.32 Å². The van der Waals surface area contributed by atoms with E-state index >= 15 is 0 Å². The third-order valence-electron chi connectivity index (χ3n) is 3.65. The molecule has 1 heterocycles. The van der Waals surface area contributed by atoms with E-state index in [9.17, 15) is 17.6 Å². The van der Waals surface area contributed by atoms with Crippen LogP contribution in [-0.4, -0.2) is 30.0 Å². The van der Waals surface area contributed by atoms with Crippen molar-refractivity contribution in [3.05, 3.63) is 72.8 Å². The second kappa shape index (κ2) is 9.48. The van der Waals surface area contributed by atoms with E-state index in [0.29, 0.717) is 11.4 Å². The summed E-state index contributed by atoms with van der Waals surface area (Å²) in [6.07, 6.45) is 3.12. The van der Waals surface area contributed by atoms with Gasteiger partial charge in [0, 0.05) is 35.2 Å². The number of hydrogen-bond acceptors (Lipinski definition) is 6. The second-order valence-corrected chi connectivity index (χ2v) is 8.65. The van der Waals surface area contributed by atoms with Gasteiger partial charge in [-0.3, -0.25) is 4.79 Å². The molecule has 0 fully saturated rings. The van der Waals surface area contributed by atoms with E-state index in [4.69, 9.17) is 0 Å². The number of carbonyl (C=O) groups excluding carboxylic acids is 1. The molecule has 0 aliphatic carbocycles. The van der Waals surface area contributed by atoms with E-state index in [1.165, 1.54) is 60.6 Å². The zero-order chi connectivity index (χ0) is 20.7.